The van der Waals surface area contributed by atoms with Crippen molar-refractivity contribution in [1.82, 2.24) is 15.5 Å². The predicted molar refractivity (Wildman–Crippen MR) is 130 cm³/mol. The molecule has 166 valence electrons. The summed E-state index contributed by atoms with van der Waals surface area (Å²) in [5, 5.41) is 10.9. The Kier molecular flexibility index (Phi) is 5.34. The fraction of sp³-hybridized carbons (Fsp3) is 0.192. The van der Waals surface area contributed by atoms with Crippen molar-refractivity contribution < 1.29 is 14.4 Å². The summed E-state index contributed by atoms with van der Waals surface area (Å²) in [7, 11) is 0. The minimum Gasteiger partial charge on any atom is -0.354 e. The van der Waals surface area contributed by atoms with Gasteiger partial charge in [0.05, 0.1) is 0 Å². The fourth-order valence-electron chi connectivity index (χ4n) is 4.30. The highest BCUT2D eigenvalue weighted by molar-refractivity contribution is 7.17. The van der Waals surface area contributed by atoms with Gasteiger partial charge in [-0.3, -0.25) is 14.5 Å². The average molecular weight is 458 g/mol. The molecule has 5 rings (SSSR count). The zero-order chi connectivity index (χ0) is 23.0. The second-order valence-electron chi connectivity index (χ2n) is 8.37. The lowest BCUT2D eigenvalue weighted by Crippen LogP contribution is -2.43. The van der Waals surface area contributed by atoms with Crippen molar-refractivity contribution in [2.24, 2.45) is 0 Å². The molecule has 0 radical (unpaired) electrons. The number of thiophene rings is 1. The van der Waals surface area contributed by atoms with Crippen LogP contribution in [0.2, 0.25) is 0 Å². The number of fused-ring (bicyclic) bond motifs is 2. The lowest BCUT2D eigenvalue weighted by atomic mass is 9.90. The van der Waals surface area contributed by atoms with Gasteiger partial charge in [-0.2, -0.15) is 0 Å². The van der Waals surface area contributed by atoms with Crippen LogP contribution in [0.1, 0.15) is 18.1 Å². The Hall–Kier alpha value is -3.71. The summed E-state index contributed by atoms with van der Waals surface area (Å²) < 4.78 is 1.21. The molecule has 0 bridgehead atoms. The molecule has 2 N–H and O–H groups in total. The highest BCUT2D eigenvalue weighted by atomic mass is 32.1. The first kappa shape index (κ1) is 21.2. The summed E-state index contributed by atoms with van der Waals surface area (Å²) in [4.78, 5) is 39.3. The maximum atomic E-state index is 13.2. The van der Waals surface area contributed by atoms with E-state index in [1.165, 1.54) is 15.6 Å². The zero-order valence-electron chi connectivity index (χ0n) is 18.1. The van der Waals surface area contributed by atoms with E-state index in [9.17, 15) is 14.4 Å². The van der Waals surface area contributed by atoms with Crippen LogP contribution in [0.5, 0.6) is 0 Å². The molecule has 1 saturated heterocycles. The van der Waals surface area contributed by atoms with Gasteiger partial charge in [0, 0.05) is 11.2 Å². The number of carbonyl (C=O) groups is 3. The van der Waals surface area contributed by atoms with Crippen molar-refractivity contribution in [3.63, 3.8) is 0 Å². The summed E-state index contributed by atoms with van der Waals surface area (Å²) in [5.41, 5.74) is 0.651. The van der Waals surface area contributed by atoms with Crippen LogP contribution in [0, 0.1) is 0 Å². The van der Waals surface area contributed by atoms with Crippen molar-refractivity contribution in [3.05, 3.63) is 83.2 Å². The minimum absolute atomic E-state index is 0.307. The highest BCUT2D eigenvalue weighted by Gasteiger charge is 2.49. The number of urea groups is 1. The van der Waals surface area contributed by atoms with E-state index in [0.717, 1.165) is 15.7 Å². The molecular formula is C26H23N3O3S. The van der Waals surface area contributed by atoms with E-state index in [0.29, 0.717) is 18.5 Å². The topological polar surface area (TPSA) is 78.5 Å². The second-order valence-corrected chi connectivity index (χ2v) is 9.28. The summed E-state index contributed by atoms with van der Waals surface area (Å²) in [5.74, 6) is -0.789. The third kappa shape index (κ3) is 3.85. The molecule has 4 amide bonds. The summed E-state index contributed by atoms with van der Waals surface area (Å²) in [6.07, 6.45) is 0.685. The van der Waals surface area contributed by atoms with Gasteiger partial charge in [-0.25, -0.2) is 4.79 Å². The molecule has 0 spiro atoms. The van der Waals surface area contributed by atoms with Gasteiger partial charge >= 0.3 is 6.03 Å². The predicted octanol–water partition coefficient (Wildman–Crippen LogP) is 4.18. The molecule has 1 aliphatic heterocycles. The van der Waals surface area contributed by atoms with Crippen LogP contribution in [0.3, 0.4) is 0 Å². The Morgan fingerprint density at radius 1 is 1.03 bits per heavy atom. The van der Waals surface area contributed by atoms with Gasteiger partial charge in [0.2, 0.25) is 5.91 Å². The first-order valence-electron chi connectivity index (χ1n) is 10.8. The van der Waals surface area contributed by atoms with Crippen molar-refractivity contribution >= 4 is 50.0 Å². The smallest absolute Gasteiger partial charge is 0.325 e. The second kappa shape index (κ2) is 8.33. The third-order valence-corrected chi connectivity index (χ3v) is 7.19. The largest absolute Gasteiger partial charge is 0.354 e. The minimum atomic E-state index is -1.21. The van der Waals surface area contributed by atoms with Crippen LogP contribution in [-0.4, -0.2) is 35.8 Å². The molecule has 2 heterocycles. The molecule has 6 nitrogen and oxygen atoms in total. The summed E-state index contributed by atoms with van der Waals surface area (Å²) in [6.45, 7) is 1.81. The Labute approximate surface area is 195 Å². The van der Waals surface area contributed by atoms with E-state index < -0.39 is 17.5 Å². The maximum absolute atomic E-state index is 13.2. The number of hydrogen-bond acceptors (Lipinski definition) is 4. The lowest BCUT2D eigenvalue weighted by Gasteiger charge is -2.22. The Morgan fingerprint density at radius 2 is 1.79 bits per heavy atom. The van der Waals surface area contributed by atoms with E-state index in [2.05, 4.69) is 28.1 Å². The number of amides is 4. The Balaban J connectivity index is 1.24. The lowest BCUT2D eigenvalue weighted by molar-refractivity contribution is -0.134. The number of carbonyl (C=O) groups excluding carboxylic acids is 3. The summed E-state index contributed by atoms with van der Waals surface area (Å²) >= 11 is 1.68. The standard InChI is InChI=1S/C26H23N3O3S/c1-26(20-11-10-17-6-2-3-7-18(17)14-20)24(31)29(25(32)28-26)15-23(30)27-13-12-19-16-33-22-9-5-4-8-21(19)22/h2-11,14,16H,12-13,15H2,1H3,(H,27,30)(H,28,32). The van der Waals surface area contributed by atoms with Gasteiger partial charge < -0.3 is 10.6 Å². The van der Waals surface area contributed by atoms with E-state index in [1.807, 2.05) is 54.6 Å². The molecular weight excluding hydrogens is 434 g/mol. The van der Waals surface area contributed by atoms with Crippen molar-refractivity contribution in [2.45, 2.75) is 18.9 Å². The number of nitrogens with zero attached hydrogens (tertiary/aromatic N) is 1. The van der Waals surface area contributed by atoms with E-state index in [-0.39, 0.29) is 12.5 Å². The maximum Gasteiger partial charge on any atom is 0.325 e. The third-order valence-electron chi connectivity index (χ3n) is 6.18. The number of benzene rings is 3. The molecule has 0 saturated carbocycles. The van der Waals surface area contributed by atoms with Gasteiger partial charge in [0.25, 0.3) is 5.91 Å². The fourth-order valence-corrected chi connectivity index (χ4v) is 5.30. The number of rotatable bonds is 6. The van der Waals surface area contributed by atoms with Gasteiger partial charge in [-0.15, -0.1) is 11.3 Å². The first-order chi connectivity index (χ1) is 16.0. The van der Waals surface area contributed by atoms with Crippen LogP contribution in [0.4, 0.5) is 4.79 Å². The zero-order valence-corrected chi connectivity index (χ0v) is 18.9. The van der Waals surface area contributed by atoms with Crippen molar-refractivity contribution in [2.75, 3.05) is 13.1 Å². The number of nitrogens with one attached hydrogen (secondary N) is 2. The first-order valence-corrected chi connectivity index (χ1v) is 11.7. The van der Waals surface area contributed by atoms with Gasteiger partial charge in [-0.1, -0.05) is 54.6 Å². The van der Waals surface area contributed by atoms with E-state index >= 15 is 0 Å². The summed E-state index contributed by atoms with van der Waals surface area (Å²) in [6, 6.07) is 21.1. The highest BCUT2D eigenvalue weighted by Crippen LogP contribution is 2.31. The average Bonchev–Trinajstić information content (AvgIpc) is 3.33. The molecule has 7 heteroatoms. The molecule has 0 aliphatic carbocycles. The van der Waals surface area contributed by atoms with Crippen LogP contribution in [0.25, 0.3) is 20.9 Å². The molecule has 1 fully saturated rings. The van der Waals surface area contributed by atoms with E-state index in [1.54, 1.807) is 18.3 Å². The molecule has 3 aromatic carbocycles. The van der Waals surface area contributed by atoms with Crippen molar-refractivity contribution in [3.8, 4) is 0 Å². The van der Waals surface area contributed by atoms with Crippen LogP contribution < -0.4 is 10.6 Å². The molecule has 1 aromatic heterocycles. The molecule has 1 unspecified atom stereocenters. The Bertz CT molecular complexity index is 1400. The quantitative estimate of drug-likeness (QED) is 0.427. The normalized spacial score (nSPS) is 18.2. The number of imide groups is 1. The van der Waals surface area contributed by atoms with Crippen LogP contribution in [-0.2, 0) is 21.5 Å². The van der Waals surface area contributed by atoms with Gasteiger partial charge in [0.15, 0.2) is 0 Å². The SMILES string of the molecule is CC1(c2ccc3ccccc3c2)NC(=O)N(CC(=O)NCCc2csc3ccccc23)C1=O. The molecule has 4 aromatic rings. The number of hydrogen-bond donors (Lipinski definition) is 2. The molecule has 33 heavy (non-hydrogen) atoms. The van der Waals surface area contributed by atoms with Crippen molar-refractivity contribution in [1.29, 1.82) is 0 Å². The van der Waals surface area contributed by atoms with Gasteiger partial charge in [0.1, 0.15) is 12.1 Å². The Morgan fingerprint density at radius 3 is 2.64 bits per heavy atom. The van der Waals surface area contributed by atoms with Crippen LogP contribution in [0.15, 0.2) is 72.1 Å². The van der Waals surface area contributed by atoms with Gasteiger partial charge in [-0.05, 0) is 58.1 Å². The van der Waals surface area contributed by atoms with E-state index in [4.69, 9.17) is 0 Å². The monoisotopic (exact) mass is 457 g/mol. The molecule has 1 atom stereocenters. The van der Waals surface area contributed by atoms with Crippen LogP contribution >= 0.6 is 11.3 Å². The molecule has 1 aliphatic rings.